The van der Waals surface area contributed by atoms with E-state index >= 15 is 0 Å². The molecule has 6 heteroatoms. The summed E-state index contributed by atoms with van der Waals surface area (Å²) in [7, 11) is 0. The minimum absolute atomic E-state index is 0.0160. The summed E-state index contributed by atoms with van der Waals surface area (Å²) in [5, 5.41) is 7.26. The molecule has 1 aromatic heterocycles. The molecule has 0 saturated carbocycles. The van der Waals surface area contributed by atoms with Crippen LogP contribution >= 0.6 is 0 Å². The third-order valence-electron chi connectivity index (χ3n) is 5.13. The number of carbonyl (C=O) groups is 1. The lowest BCUT2D eigenvalue weighted by Gasteiger charge is -2.33. The lowest BCUT2D eigenvalue weighted by Crippen LogP contribution is -2.44. The van der Waals surface area contributed by atoms with Crippen LogP contribution in [-0.2, 0) is 22.4 Å². The van der Waals surface area contributed by atoms with E-state index in [9.17, 15) is 4.79 Å². The normalized spacial score (nSPS) is 22.8. The van der Waals surface area contributed by atoms with E-state index in [0.29, 0.717) is 25.5 Å². The van der Waals surface area contributed by atoms with E-state index in [0.717, 1.165) is 31.5 Å². The molecule has 25 heavy (non-hydrogen) atoms. The monoisotopic (exact) mass is 340 g/mol. The van der Waals surface area contributed by atoms with Crippen LogP contribution in [-0.4, -0.2) is 45.7 Å². The van der Waals surface area contributed by atoms with E-state index in [-0.39, 0.29) is 17.9 Å². The Hall–Kier alpha value is -2.21. The zero-order valence-corrected chi connectivity index (χ0v) is 14.6. The van der Waals surface area contributed by atoms with Gasteiger partial charge in [-0.3, -0.25) is 9.89 Å². The van der Waals surface area contributed by atoms with Crippen LogP contribution in [0.2, 0.25) is 0 Å². The van der Waals surface area contributed by atoms with Gasteiger partial charge in [-0.2, -0.15) is 5.10 Å². The molecule has 6 nitrogen and oxygen atoms in total. The summed E-state index contributed by atoms with van der Waals surface area (Å²) < 4.78 is 5.83. The fraction of sp³-hybridized carbons (Fsp3) is 0.526. The standard InChI is InChI=1S/C19H24N4O2/c1-2-5-17-20-18(22-21-17)16-12-23(10-11-25-16)19(24)15-9-8-13-6-3-4-7-14(13)15/h3-4,6-7,15-16H,2,5,8-12H2,1H3,(H,20,21,22)/t15-,16-/m0/s1. The van der Waals surface area contributed by atoms with E-state index in [1.165, 1.54) is 11.1 Å². The van der Waals surface area contributed by atoms with Crippen molar-refractivity contribution in [3.63, 3.8) is 0 Å². The van der Waals surface area contributed by atoms with Crippen molar-refractivity contribution >= 4 is 5.91 Å². The van der Waals surface area contributed by atoms with E-state index in [4.69, 9.17) is 4.74 Å². The Morgan fingerprint density at radius 2 is 2.28 bits per heavy atom. The zero-order chi connectivity index (χ0) is 17.2. The molecule has 2 aliphatic rings. The number of carbonyl (C=O) groups excluding carboxylic acids is 1. The van der Waals surface area contributed by atoms with Crippen molar-refractivity contribution in [3.05, 3.63) is 47.0 Å². The molecule has 1 aliphatic carbocycles. The highest BCUT2D eigenvalue weighted by Gasteiger charge is 2.35. The molecule has 2 aromatic rings. The first-order chi connectivity index (χ1) is 12.3. The van der Waals surface area contributed by atoms with Crippen molar-refractivity contribution in [2.75, 3.05) is 19.7 Å². The molecule has 0 spiro atoms. The maximum atomic E-state index is 13.1. The van der Waals surface area contributed by atoms with Gasteiger partial charge in [-0.1, -0.05) is 31.2 Å². The van der Waals surface area contributed by atoms with Crippen LogP contribution in [0.4, 0.5) is 0 Å². The molecule has 1 saturated heterocycles. The first-order valence-corrected chi connectivity index (χ1v) is 9.15. The van der Waals surface area contributed by atoms with Crippen molar-refractivity contribution in [1.82, 2.24) is 20.1 Å². The van der Waals surface area contributed by atoms with Gasteiger partial charge in [0.15, 0.2) is 5.82 Å². The number of hydrogen-bond acceptors (Lipinski definition) is 4. The summed E-state index contributed by atoms with van der Waals surface area (Å²) >= 11 is 0. The maximum Gasteiger partial charge on any atom is 0.230 e. The summed E-state index contributed by atoms with van der Waals surface area (Å²) in [5.41, 5.74) is 2.50. The number of rotatable bonds is 4. The average Bonchev–Trinajstić information content (AvgIpc) is 3.29. The Labute approximate surface area is 147 Å². The topological polar surface area (TPSA) is 71.1 Å². The Morgan fingerprint density at radius 1 is 1.40 bits per heavy atom. The summed E-state index contributed by atoms with van der Waals surface area (Å²) in [4.78, 5) is 19.5. The number of nitrogens with one attached hydrogen (secondary N) is 1. The van der Waals surface area contributed by atoms with Gasteiger partial charge in [-0.05, 0) is 30.4 Å². The molecule has 2 atom stereocenters. The first kappa shape index (κ1) is 16.3. The van der Waals surface area contributed by atoms with E-state index in [1.54, 1.807) is 0 Å². The minimum Gasteiger partial charge on any atom is -0.366 e. The van der Waals surface area contributed by atoms with Gasteiger partial charge in [-0.15, -0.1) is 0 Å². The number of nitrogens with zero attached hydrogens (tertiary/aromatic N) is 3. The summed E-state index contributed by atoms with van der Waals surface area (Å²) in [5.74, 6) is 1.74. The maximum absolute atomic E-state index is 13.1. The highest BCUT2D eigenvalue weighted by Crippen LogP contribution is 2.35. The second kappa shape index (κ2) is 6.96. The average molecular weight is 340 g/mol. The van der Waals surface area contributed by atoms with Crippen molar-refractivity contribution in [3.8, 4) is 0 Å². The molecule has 132 valence electrons. The van der Waals surface area contributed by atoms with E-state index in [2.05, 4.69) is 34.2 Å². The van der Waals surface area contributed by atoms with Gasteiger partial charge in [0.2, 0.25) is 5.91 Å². The molecule has 0 radical (unpaired) electrons. The van der Waals surface area contributed by atoms with Crippen molar-refractivity contribution < 1.29 is 9.53 Å². The Morgan fingerprint density at radius 3 is 3.16 bits per heavy atom. The molecule has 1 amide bonds. The van der Waals surface area contributed by atoms with E-state index in [1.807, 2.05) is 17.0 Å². The van der Waals surface area contributed by atoms with Gasteiger partial charge in [0.1, 0.15) is 11.9 Å². The van der Waals surface area contributed by atoms with Gasteiger partial charge >= 0.3 is 0 Å². The molecule has 4 rings (SSSR count). The SMILES string of the molecule is CCCc1nc([C@@H]2CN(C(=O)[C@H]3CCc4ccccc43)CCO2)n[nH]1. The number of ether oxygens (including phenoxy) is 1. The molecule has 1 N–H and O–H groups in total. The molecule has 0 bridgehead atoms. The highest BCUT2D eigenvalue weighted by molar-refractivity contribution is 5.85. The predicted molar refractivity (Wildman–Crippen MR) is 93.2 cm³/mol. The quantitative estimate of drug-likeness (QED) is 0.928. The third kappa shape index (κ3) is 3.18. The minimum atomic E-state index is -0.240. The van der Waals surface area contributed by atoms with Crippen LogP contribution in [0, 0.1) is 0 Å². The van der Waals surface area contributed by atoms with Gasteiger partial charge in [-0.25, -0.2) is 4.98 Å². The molecule has 2 heterocycles. The van der Waals surface area contributed by atoms with E-state index < -0.39 is 0 Å². The number of aromatic amines is 1. The molecule has 1 fully saturated rings. The van der Waals surface area contributed by atoms with Gasteiger partial charge in [0.05, 0.1) is 19.1 Å². The van der Waals surface area contributed by atoms with Crippen LogP contribution in [0.3, 0.4) is 0 Å². The van der Waals surface area contributed by atoms with Crippen LogP contribution in [0.5, 0.6) is 0 Å². The van der Waals surface area contributed by atoms with Crippen molar-refractivity contribution in [2.45, 2.75) is 44.6 Å². The number of H-pyrrole nitrogens is 1. The fourth-order valence-corrected chi connectivity index (χ4v) is 3.84. The predicted octanol–water partition coefficient (Wildman–Crippen LogP) is 2.39. The molecule has 1 aliphatic heterocycles. The number of benzene rings is 1. The van der Waals surface area contributed by atoms with Gasteiger partial charge in [0.25, 0.3) is 0 Å². The molecule has 1 aromatic carbocycles. The second-order valence-corrected chi connectivity index (χ2v) is 6.82. The van der Waals surface area contributed by atoms with Crippen LogP contribution in [0.1, 0.15) is 54.6 Å². The highest BCUT2D eigenvalue weighted by atomic mass is 16.5. The lowest BCUT2D eigenvalue weighted by atomic mass is 9.99. The number of fused-ring (bicyclic) bond motifs is 1. The summed E-state index contributed by atoms with van der Waals surface area (Å²) in [6.45, 7) is 3.81. The second-order valence-electron chi connectivity index (χ2n) is 6.82. The van der Waals surface area contributed by atoms with Gasteiger partial charge < -0.3 is 9.64 Å². The number of amides is 1. The molecule has 0 unspecified atom stereocenters. The largest absolute Gasteiger partial charge is 0.366 e. The number of hydrogen-bond donors (Lipinski definition) is 1. The Bertz CT molecular complexity index is 757. The van der Waals surface area contributed by atoms with Crippen molar-refractivity contribution in [2.24, 2.45) is 0 Å². The van der Waals surface area contributed by atoms with Crippen molar-refractivity contribution in [1.29, 1.82) is 0 Å². The zero-order valence-electron chi connectivity index (χ0n) is 14.6. The van der Waals surface area contributed by atoms with Crippen LogP contribution in [0.25, 0.3) is 0 Å². The Kier molecular flexibility index (Phi) is 4.53. The number of aryl methyl sites for hydroxylation is 2. The molecular formula is C19H24N4O2. The lowest BCUT2D eigenvalue weighted by molar-refractivity contribution is -0.140. The third-order valence-corrected chi connectivity index (χ3v) is 5.13. The number of morpholine rings is 1. The summed E-state index contributed by atoms with van der Waals surface area (Å²) in [6.07, 6.45) is 3.55. The van der Waals surface area contributed by atoms with Crippen LogP contribution in [0.15, 0.2) is 24.3 Å². The fourth-order valence-electron chi connectivity index (χ4n) is 3.84. The number of aromatic nitrogens is 3. The molecular weight excluding hydrogens is 316 g/mol. The van der Waals surface area contributed by atoms with Gasteiger partial charge in [0, 0.05) is 13.0 Å². The summed E-state index contributed by atoms with van der Waals surface area (Å²) in [6, 6.07) is 8.30. The smallest absolute Gasteiger partial charge is 0.230 e. The van der Waals surface area contributed by atoms with Crippen LogP contribution < -0.4 is 0 Å². The first-order valence-electron chi connectivity index (χ1n) is 9.15. The Balaban J connectivity index is 1.47.